The number of hydrogen-bond acceptors (Lipinski definition) is 21. The van der Waals surface area contributed by atoms with Crippen molar-refractivity contribution in [1.29, 1.82) is 0 Å². The number of aliphatic hydroxyl groups excluding tert-OH is 13. The minimum atomic E-state index is -2.03. The van der Waals surface area contributed by atoms with Gasteiger partial charge in [-0.3, -0.25) is 4.79 Å². The summed E-state index contributed by atoms with van der Waals surface area (Å²) in [5.74, 6) is -0.673. The Morgan fingerprint density at radius 1 is 0.500 bits per heavy atom. The van der Waals surface area contributed by atoms with E-state index in [1.54, 1.807) is 0 Å². The molecule has 22 nitrogen and oxygen atoms in total. The normalized spacial score (nSPS) is 50.2. The average Bonchev–Trinajstić information content (AvgIpc) is 3.06. The summed E-state index contributed by atoms with van der Waals surface area (Å²) in [6.07, 6.45) is -33.4. The lowest BCUT2D eigenvalue weighted by atomic mass is 9.95. The van der Waals surface area contributed by atoms with Crippen LogP contribution >= 0.6 is 0 Å². The molecule has 0 spiro atoms. The van der Waals surface area contributed by atoms with Crippen molar-refractivity contribution in [2.45, 2.75) is 130 Å². The van der Waals surface area contributed by atoms with Crippen molar-refractivity contribution in [3.8, 4) is 0 Å². The molecule has 0 bridgehead atoms. The molecule has 4 heterocycles. The van der Waals surface area contributed by atoms with Crippen molar-refractivity contribution in [2.75, 3.05) is 26.4 Å². The van der Waals surface area contributed by atoms with E-state index >= 15 is 0 Å². The van der Waals surface area contributed by atoms with Crippen molar-refractivity contribution in [2.24, 2.45) is 0 Å². The number of rotatable bonds is 11. The lowest BCUT2D eigenvalue weighted by molar-refractivity contribution is -0.384. The fourth-order valence-corrected chi connectivity index (χ4v) is 5.95. The molecule has 4 fully saturated rings. The molecule has 14 N–H and O–H groups in total. The van der Waals surface area contributed by atoms with Gasteiger partial charge in [-0.2, -0.15) is 0 Å². The first-order chi connectivity index (χ1) is 22.7. The second-order valence-electron chi connectivity index (χ2n) is 11.9. The highest BCUT2D eigenvalue weighted by molar-refractivity contribution is 5.73. The summed E-state index contributed by atoms with van der Waals surface area (Å²) in [6.45, 7) is -2.30. The zero-order valence-electron chi connectivity index (χ0n) is 25.5. The maximum absolute atomic E-state index is 11.7. The number of nitrogens with one attached hydrogen (secondary N) is 1. The summed E-state index contributed by atoms with van der Waals surface area (Å²) >= 11 is 0. The minimum Gasteiger partial charge on any atom is -0.394 e. The van der Waals surface area contributed by atoms with E-state index in [4.69, 9.17) is 33.2 Å². The van der Waals surface area contributed by atoms with Crippen LogP contribution in [0, 0.1) is 0 Å². The maximum atomic E-state index is 11.7. The first-order valence-electron chi connectivity index (χ1n) is 15.1. The number of amides is 1. The molecule has 0 aromatic carbocycles. The molecule has 22 heteroatoms. The standard InChI is InChI=1S/C26H45NO21/c1-6(32)27-11-22(13(34)8(3-29)42-23(11)41)48-26-19(40)16(37)21(10(5-31)45-26)47-25-18(39)15(36)20(9(4-30)44-25)46-24-17(38)14(35)12(33)7(2-28)43-24/h7-26,28-31,33-41H,2-5H2,1H3,(H,27,32)/t7-,8-,9-,10-,11-,12-,13-,14+,15-,16-,17-,18-,19-,20+,21-,22-,23-,24-,25+,26+/m1/s1. The van der Waals surface area contributed by atoms with E-state index in [1.807, 2.05) is 0 Å². The molecule has 0 aromatic heterocycles. The third kappa shape index (κ3) is 8.08. The molecular weight excluding hydrogens is 662 g/mol. The Hall–Kier alpha value is -1.33. The highest BCUT2D eigenvalue weighted by Crippen LogP contribution is 2.34. The molecule has 4 rings (SSSR count). The third-order valence-electron chi connectivity index (χ3n) is 8.61. The maximum Gasteiger partial charge on any atom is 0.217 e. The number of ether oxygens (including phenoxy) is 7. The van der Waals surface area contributed by atoms with Gasteiger partial charge in [0.1, 0.15) is 97.6 Å². The molecule has 280 valence electrons. The largest absolute Gasteiger partial charge is 0.394 e. The fraction of sp³-hybridized carbons (Fsp3) is 0.962. The van der Waals surface area contributed by atoms with Gasteiger partial charge < -0.3 is 105 Å². The summed E-state index contributed by atoms with van der Waals surface area (Å²) in [6, 6.07) is -1.45. The zero-order chi connectivity index (χ0) is 35.6. The van der Waals surface area contributed by atoms with E-state index in [9.17, 15) is 71.2 Å². The number of aliphatic hydroxyl groups is 13. The van der Waals surface area contributed by atoms with E-state index < -0.39 is 155 Å². The Morgan fingerprint density at radius 3 is 1.29 bits per heavy atom. The van der Waals surface area contributed by atoms with Gasteiger partial charge in [-0.25, -0.2) is 0 Å². The Kier molecular flexibility index (Phi) is 13.8. The van der Waals surface area contributed by atoms with Crippen LogP contribution < -0.4 is 5.32 Å². The van der Waals surface area contributed by atoms with Crippen LogP contribution in [0.2, 0.25) is 0 Å². The Morgan fingerprint density at radius 2 is 0.875 bits per heavy atom. The summed E-state index contributed by atoms with van der Waals surface area (Å²) in [7, 11) is 0. The molecule has 0 saturated carbocycles. The highest BCUT2D eigenvalue weighted by atomic mass is 16.8. The molecular formula is C26H45NO21. The van der Waals surface area contributed by atoms with Crippen LogP contribution in [0.25, 0.3) is 0 Å². The molecule has 4 aliphatic heterocycles. The van der Waals surface area contributed by atoms with Crippen LogP contribution in [0.1, 0.15) is 6.92 Å². The van der Waals surface area contributed by atoms with Crippen LogP contribution in [0.4, 0.5) is 0 Å². The fourth-order valence-electron chi connectivity index (χ4n) is 5.95. The van der Waals surface area contributed by atoms with Crippen LogP contribution in [-0.2, 0) is 38.0 Å². The smallest absolute Gasteiger partial charge is 0.217 e. The molecule has 4 saturated heterocycles. The quantitative estimate of drug-likeness (QED) is 0.0947. The third-order valence-corrected chi connectivity index (χ3v) is 8.61. The molecule has 0 radical (unpaired) electrons. The van der Waals surface area contributed by atoms with Gasteiger partial charge in [0.05, 0.1) is 26.4 Å². The lowest BCUT2D eigenvalue weighted by Gasteiger charge is -2.49. The van der Waals surface area contributed by atoms with E-state index in [0.29, 0.717) is 0 Å². The molecule has 4 aliphatic rings. The van der Waals surface area contributed by atoms with Gasteiger partial charge in [0.15, 0.2) is 25.2 Å². The van der Waals surface area contributed by atoms with Crippen molar-refractivity contribution in [3.63, 3.8) is 0 Å². The number of hydrogen-bond donors (Lipinski definition) is 14. The first-order valence-corrected chi connectivity index (χ1v) is 15.1. The first kappa shape index (κ1) is 39.5. The van der Waals surface area contributed by atoms with Crippen LogP contribution in [0.15, 0.2) is 0 Å². The van der Waals surface area contributed by atoms with Crippen LogP contribution in [0.5, 0.6) is 0 Å². The molecule has 1 amide bonds. The summed E-state index contributed by atoms with van der Waals surface area (Å²) < 4.78 is 38.2. The zero-order valence-corrected chi connectivity index (χ0v) is 25.5. The van der Waals surface area contributed by atoms with E-state index in [0.717, 1.165) is 6.92 Å². The van der Waals surface area contributed by atoms with E-state index in [1.165, 1.54) is 0 Å². The number of carbonyl (C=O) groups is 1. The van der Waals surface area contributed by atoms with Crippen molar-refractivity contribution < 1.29 is 104 Å². The lowest BCUT2D eigenvalue weighted by Crippen LogP contribution is -2.68. The van der Waals surface area contributed by atoms with Gasteiger partial charge >= 0.3 is 0 Å². The predicted molar refractivity (Wildman–Crippen MR) is 145 cm³/mol. The Bertz CT molecular complexity index is 1020. The monoisotopic (exact) mass is 707 g/mol. The molecule has 20 atom stereocenters. The highest BCUT2D eigenvalue weighted by Gasteiger charge is 2.55. The Balaban J connectivity index is 1.46. The average molecular weight is 708 g/mol. The van der Waals surface area contributed by atoms with E-state index in [2.05, 4.69) is 5.32 Å². The topological polar surface area (TPSA) is 357 Å². The van der Waals surface area contributed by atoms with Gasteiger partial charge in [0, 0.05) is 6.92 Å². The van der Waals surface area contributed by atoms with Gasteiger partial charge in [0.25, 0.3) is 0 Å². The van der Waals surface area contributed by atoms with Gasteiger partial charge in [-0.05, 0) is 0 Å². The molecule has 48 heavy (non-hydrogen) atoms. The second-order valence-corrected chi connectivity index (χ2v) is 11.9. The predicted octanol–water partition coefficient (Wildman–Crippen LogP) is -9.61. The number of carbonyl (C=O) groups excluding carboxylic acids is 1. The van der Waals surface area contributed by atoms with Crippen molar-refractivity contribution >= 4 is 5.91 Å². The van der Waals surface area contributed by atoms with Crippen LogP contribution in [0.3, 0.4) is 0 Å². The Labute approximate surface area is 272 Å². The SMILES string of the molecule is CC(=O)N[C@@H]1[C@@H](O[C@@H]2O[C@H](CO)[C@@H](O[C@@H]3O[C@H](CO)[C@H](O[C@H]4O[C@H](CO)[C@@H](O)[C@H](O)[C@H]4O)[C@H](O)[C@H]3O)[C@H](O)[C@H]2O)[C@H](O)[C@@H](CO)O[C@H]1O. The molecule has 0 unspecified atom stereocenters. The van der Waals surface area contributed by atoms with Crippen molar-refractivity contribution in [3.05, 3.63) is 0 Å². The molecule has 0 aromatic rings. The summed E-state index contributed by atoms with van der Waals surface area (Å²) in [4.78, 5) is 11.7. The van der Waals surface area contributed by atoms with Gasteiger partial charge in [-0.1, -0.05) is 0 Å². The summed E-state index contributed by atoms with van der Waals surface area (Å²) in [5, 5.41) is 136. The van der Waals surface area contributed by atoms with E-state index in [-0.39, 0.29) is 0 Å². The van der Waals surface area contributed by atoms with Gasteiger partial charge in [0.2, 0.25) is 5.91 Å². The minimum absolute atomic E-state index is 0.673. The van der Waals surface area contributed by atoms with Crippen molar-refractivity contribution in [1.82, 2.24) is 5.32 Å². The second kappa shape index (κ2) is 16.8. The summed E-state index contributed by atoms with van der Waals surface area (Å²) in [5.41, 5.74) is 0. The van der Waals surface area contributed by atoms with Crippen LogP contribution in [-0.4, -0.2) is 221 Å². The molecule has 0 aliphatic carbocycles. The van der Waals surface area contributed by atoms with Gasteiger partial charge in [-0.15, -0.1) is 0 Å².